The Morgan fingerprint density at radius 2 is 1.63 bits per heavy atom. The fraction of sp³-hybridized carbons (Fsp3) is 0.0625. The summed E-state index contributed by atoms with van der Waals surface area (Å²) in [6, 6.07) is 20.3. The first-order chi connectivity index (χ1) is 9.24. The van der Waals surface area contributed by atoms with Gasteiger partial charge >= 0.3 is 0 Å². The average molecular weight is 249 g/mol. The van der Waals surface area contributed by atoms with E-state index in [1.807, 2.05) is 41.1 Å². The lowest BCUT2D eigenvalue weighted by molar-refractivity contribution is 0.893. The van der Waals surface area contributed by atoms with E-state index >= 15 is 0 Å². The van der Waals surface area contributed by atoms with Gasteiger partial charge in [0.2, 0.25) is 0 Å². The number of benzene rings is 2. The van der Waals surface area contributed by atoms with Crippen molar-refractivity contribution < 1.29 is 0 Å². The van der Waals surface area contributed by atoms with Gasteiger partial charge in [0.05, 0.1) is 11.4 Å². The molecule has 3 aromatic rings. The van der Waals surface area contributed by atoms with Crippen molar-refractivity contribution in [1.29, 1.82) is 0 Å². The van der Waals surface area contributed by atoms with Crippen LogP contribution in [0, 0.1) is 6.92 Å². The number of nitrogens with two attached hydrogens (primary N) is 1. The lowest BCUT2D eigenvalue weighted by Crippen LogP contribution is -1.99. The van der Waals surface area contributed by atoms with E-state index in [0.717, 1.165) is 16.9 Å². The molecule has 3 heteroatoms. The van der Waals surface area contributed by atoms with E-state index in [9.17, 15) is 0 Å². The van der Waals surface area contributed by atoms with Crippen LogP contribution in [0.1, 0.15) is 5.56 Å². The van der Waals surface area contributed by atoms with E-state index < -0.39 is 0 Å². The third kappa shape index (κ3) is 2.22. The molecule has 0 atom stereocenters. The van der Waals surface area contributed by atoms with Gasteiger partial charge in [-0.1, -0.05) is 48.0 Å². The fourth-order valence-electron chi connectivity index (χ4n) is 2.10. The van der Waals surface area contributed by atoms with E-state index in [-0.39, 0.29) is 0 Å². The van der Waals surface area contributed by atoms with Gasteiger partial charge in [-0.3, -0.25) is 0 Å². The lowest BCUT2D eigenvalue weighted by atomic mass is 10.1. The number of anilines is 1. The summed E-state index contributed by atoms with van der Waals surface area (Å²) in [5.74, 6) is 0.527. The van der Waals surface area contributed by atoms with Gasteiger partial charge < -0.3 is 5.73 Å². The predicted octanol–water partition coefficient (Wildman–Crippen LogP) is 3.43. The van der Waals surface area contributed by atoms with E-state index in [1.54, 1.807) is 0 Å². The quantitative estimate of drug-likeness (QED) is 0.756. The molecule has 0 spiro atoms. The lowest BCUT2D eigenvalue weighted by Gasteiger charge is -2.07. The molecule has 0 radical (unpaired) electrons. The third-order valence-corrected chi connectivity index (χ3v) is 3.08. The maximum atomic E-state index is 5.85. The Kier molecular flexibility index (Phi) is 2.80. The second kappa shape index (κ2) is 4.61. The van der Waals surface area contributed by atoms with Gasteiger partial charge in [-0.2, -0.15) is 5.10 Å². The second-order valence-electron chi connectivity index (χ2n) is 4.57. The molecule has 0 aliphatic heterocycles. The van der Waals surface area contributed by atoms with Crippen LogP contribution in [0.2, 0.25) is 0 Å². The molecule has 94 valence electrons. The Bertz CT molecular complexity index is 682. The molecule has 2 N–H and O–H groups in total. The highest BCUT2D eigenvalue weighted by Gasteiger charge is 2.09. The summed E-state index contributed by atoms with van der Waals surface area (Å²) in [5.41, 5.74) is 10.2. The molecular formula is C16H15N3. The predicted molar refractivity (Wildman–Crippen MR) is 78.1 cm³/mol. The average Bonchev–Trinajstić information content (AvgIpc) is 2.83. The molecule has 0 unspecified atom stereocenters. The van der Waals surface area contributed by atoms with E-state index in [4.69, 9.17) is 5.73 Å². The maximum Gasteiger partial charge on any atom is 0.146 e. The van der Waals surface area contributed by atoms with Crippen molar-refractivity contribution in [3.8, 4) is 16.9 Å². The van der Waals surface area contributed by atoms with Crippen molar-refractivity contribution in [2.24, 2.45) is 0 Å². The Hall–Kier alpha value is -2.55. The van der Waals surface area contributed by atoms with Crippen molar-refractivity contribution in [1.82, 2.24) is 9.78 Å². The van der Waals surface area contributed by atoms with Crippen molar-refractivity contribution in [3.05, 3.63) is 66.2 Å². The van der Waals surface area contributed by atoms with Crippen molar-refractivity contribution in [2.45, 2.75) is 6.92 Å². The molecule has 0 aliphatic rings. The smallest absolute Gasteiger partial charge is 0.146 e. The SMILES string of the molecule is Cc1ccc(-c2cc(N)nn2-c2ccccc2)cc1. The number of aryl methyl sites for hydroxylation is 1. The molecular weight excluding hydrogens is 234 g/mol. The van der Waals surface area contributed by atoms with Crippen LogP contribution in [-0.4, -0.2) is 9.78 Å². The first kappa shape index (κ1) is 11.5. The molecule has 0 saturated carbocycles. The molecule has 1 aromatic heterocycles. The minimum Gasteiger partial charge on any atom is -0.382 e. The van der Waals surface area contributed by atoms with Crippen molar-refractivity contribution >= 4 is 5.82 Å². The van der Waals surface area contributed by atoms with E-state index in [2.05, 4.69) is 36.3 Å². The number of hydrogen-bond donors (Lipinski definition) is 1. The Balaban J connectivity index is 2.15. The normalized spacial score (nSPS) is 10.6. The van der Waals surface area contributed by atoms with Crippen molar-refractivity contribution in [2.75, 3.05) is 5.73 Å². The summed E-state index contributed by atoms with van der Waals surface area (Å²) in [4.78, 5) is 0. The number of hydrogen-bond acceptors (Lipinski definition) is 2. The Morgan fingerprint density at radius 1 is 0.947 bits per heavy atom. The number of para-hydroxylation sites is 1. The van der Waals surface area contributed by atoms with E-state index in [0.29, 0.717) is 5.82 Å². The van der Waals surface area contributed by atoms with Gasteiger partial charge in [0, 0.05) is 11.6 Å². The second-order valence-corrected chi connectivity index (χ2v) is 4.57. The summed E-state index contributed by atoms with van der Waals surface area (Å²) in [7, 11) is 0. The van der Waals surface area contributed by atoms with Crippen molar-refractivity contribution in [3.63, 3.8) is 0 Å². The summed E-state index contributed by atoms with van der Waals surface area (Å²) in [5, 5.41) is 4.37. The zero-order valence-corrected chi connectivity index (χ0v) is 10.7. The Morgan fingerprint density at radius 3 is 2.32 bits per heavy atom. The number of rotatable bonds is 2. The highest BCUT2D eigenvalue weighted by molar-refractivity contribution is 5.65. The van der Waals surface area contributed by atoms with Crippen LogP contribution in [0.25, 0.3) is 16.9 Å². The molecule has 3 nitrogen and oxygen atoms in total. The number of nitrogen functional groups attached to an aromatic ring is 1. The monoisotopic (exact) mass is 249 g/mol. The van der Waals surface area contributed by atoms with Crippen LogP contribution < -0.4 is 5.73 Å². The maximum absolute atomic E-state index is 5.85. The van der Waals surface area contributed by atoms with Crippen LogP contribution in [0.15, 0.2) is 60.7 Å². The zero-order valence-electron chi connectivity index (χ0n) is 10.7. The van der Waals surface area contributed by atoms with Crippen LogP contribution in [0.4, 0.5) is 5.82 Å². The Labute approximate surface area is 112 Å². The first-order valence-corrected chi connectivity index (χ1v) is 6.22. The van der Waals surface area contributed by atoms with E-state index in [1.165, 1.54) is 5.56 Å². The van der Waals surface area contributed by atoms with Gasteiger partial charge in [-0.15, -0.1) is 0 Å². The number of nitrogens with zero attached hydrogens (tertiary/aromatic N) is 2. The molecule has 0 saturated heterocycles. The van der Waals surface area contributed by atoms with Crippen LogP contribution in [0.3, 0.4) is 0 Å². The summed E-state index contributed by atoms with van der Waals surface area (Å²) < 4.78 is 1.88. The number of aromatic nitrogens is 2. The zero-order chi connectivity index (χ0) is 13.2. The van der Waals surface area contributed by atoms with Crippen LogP contribution >= 0.6 is 0 Å². The minimum absolute atomic E-state index is 0.527. The van der Waals surface area contributed by atoms with Gasteiger partial charge in [-0.25, -0.2) is 4.68 Å². The molecule has 0 fully saturated rings. The molecule has 0 amide bonds. The fourth-order valence-corrected chi connectivity index (χ4v) is 2.10. The van der Waals surface area contributed by atoms with Gasteiger partial charge in [0.15, 0.2) is 0 Å². The molecule has 2 aromatic carbocycles. The molecule has 0 bridgehead atoms. The molecule has 1 heterocycles. The van der Waals surface area contributed by atoms with Gasteiger partial charge in [0.1, 0.15) is 5.82 Å². The molecule has 0 aliphatic carbocycles. The summed E-state index contributed by atoms with van der Waals surface area (Å²) >= 11 is 0. The highest BCUT2D eigenvalue weighted by Crippen LogP contribution is 2.25. The van der Waals surface area contributed by atoms with Crippen LogP contribution in [-0.2, 0) is 0 Å². The third-order valence-electron chi connectivity index (χ3n) is 3.08. The van der Waals surface area contributed by atoms with Gasteiger partial charge in [0.25, 0.3) is 0 Å². The molecule has 3 rings (SSSR count). The standard InChI is InChI=1S/C16H15N3/c1-12-7-9-13(10-8-12)15-11-16(17)18-19(15)14-5-3-2-4-6-14/h2-11H,1H3,(H2,17,18). The molecule has 19 heavy (non-hydrogen) atoms. The van der Waals surface area contributed by atoms with Crippen LogP contribution in [0.5, 0.6) is 0 Å². The topological polar surface area (TPSA) is 43.8 Å². The minimum atomic E-state index is 0.527. The largest absolute Gasteiger partial charge is 0.382 e. The van der Waals surface area contributed by atoms with Gasteiger partial charge in [-0.05, 0) is 19.1 Å². The summed E-state index contributed by atoms with van der Waals surface area (Å²) in [6.45, 7) is 2.08. The first-order valence-electron chi connectivity index (χ1n) is 6.22. The highest BCUT2D eigenvalue weighted by atomic mass is 15.3. The summed E-state index contributed by atoms with van der Waals surface area (Å²) in [6.07, 6.45) is 0.